The number of amides is 6. The number of carbonyl (C=O) groups is 6. The lowest BCUT2D eigenvalue weighted by Crippen LogP contribution is -2.59. The zero-order valence-corrected chi connectivity index (χ0v) is 36.4. The fraction of sp³-hybridized carbons (Fsp3) is 0.333. The van der Waals surface area contributed by atoms with Gasteiger partial charge in [0.05, 0.1) is 6.04 Å². The fourth-order valence-corrected chi connectivity index (χ4v) is 6.90. The predicted molar refractivity (Wildman–Crippen MR) is 245 cm³/mol. The monoisotopic (exact) mass is 889 g/mol. The van der Waals surface area contributed by atoms with Crippen LogP contribution in [-0.2, 0) is 48.0 Å². The lowest BCUT2D eigenvalue weighted by Gasteiger charge is -2.26. The van der Waals surface area contributed by atoms with E-state index < -0.39 is 71.7 Å². The maximum Gasteiger partial charge on any atom is 0.243 e. The van der Waals surface area contributed by atoms with Gasteiger partial charge in [-0.25, -0.2) is 0 Å². The molecule has 0 spiro atoms. The van der Waals surface area contributed by atoms with Crippen molar-refractivity contribution in [1.82, 2.24) is 31.6 Å². The van der Waals surface area contributed by atoms with E-state index in [1.165, 1.54) is 13.8 Å². The van der Waals surface area contributed by atoms with Crippen LogP contribution in [0, 0.1) is 0 Å². The largest absolute Gasteiger partial charge is 0.368 e. The topological polar surface area (TPSA) is 256 Å². The third-order valence-corrected chi connectivity index (χ3v) is 10.3. The molecule has 6 unspecified atom stereocenters. The Bertz CT molecular complexity index is 2290. The van der Waals surface area contributed by atoms with Crippen molar-refractivity contribution in [3.05, 3.63) is 120 Å². The van der Waals surface area contributed by atoms with Crippen LogP contribution in [0.5, 0.6) is 0 Å². The molecule has 0 aliphatic rings. The van der Waals surface area contributed by atoms with E-state index >= 15 is 0 Å². The molecule has 62 heavy (non-hydrogen) atoms. The van der Waals surface area contributed by atoms with Crippen molar-refractivity contribution in [2.24, 2.45) is 17.2 Å². The molecule has 0 saturated heterocycles. The molecule has 0 aliphatic carbocycles. The number of nitrogens with two attached hydrogens (primary N) is 3. The van der Waals surface area contributed by atoms with Crippen LogP contribution in [0.2, 0.25) is 0 Å². The first-order valence-corrected chi connectivity index (χ1v) is 20.2. The van der Waals surface area contributed by atoms with E-state index in [0.29, 0.717) is 19.4 Å². The Morgan fingerprint density at radius 2 is 1.13 bits per heavy atom. The van der Waals surface area contributed by atoms with Gasteiger partial charge in [0.1, 0.15) is 30.2 Å². The summed E-state index contributed by atoms with van der Waals surface area (Å²) in [6.45, 7) is 3.38. The second-order valence-electron chi connectivity index (χ2n) is 15.1. The van der Waals surface area contributed by atoms with Gasteiger partial charge in [0, 0.05) is 36.4 Å². The van der Waals surface area contributed by atoms with Gasteiger partial charge >= 0.3 is 0 Å². The fourth-order valence-electron chi connectivity index (χ4n) is 6.90. The average molecular weight is 891 g/mol. The molecule has 332 valence electrons. The van der Waals surface area contributed by atoms with Crippen LogP contribution in [0.1, 0.15) is 49.8 Å². The van der Waals surface area contributed by atoms with Gasteiger partial charge < -0.3 is 48.8 Å². The van der Waals surface area contributed by atoms with Gasteiger partial charge in [-0.05, 0) is 73.2 Å². The van der Waals surface area contributed by atoms with Crippen LogP contribution in [0.15, 0.2) is 103 Å². The molecule has 0 fully saturated rings. The molecule has 12 N–H and O–H groups in total. The van der Waals surface area contributed by atoms with Crippen LogP contribution in [-0.4, -0.2) is 83.2 Å². The molecule has 17 heteroatoms. The van der Waals surface area contributed by atoms with E-state index in [0.717, 1.165) is 38.4 Å². The van der Waals surface area contributed by atoms with Gasteiger partial charge in [-0.3, -0.25) is 28.8 Å². The molecule has 0 radical (unpaired) electrons. The highest BCUT2D eigenvalue weighted by Crippen LogP contribution is 2.20. The lowest BCUT2D eigenvalue weighted by molar-refractivity contribution is -0.134. The van der Waals surface area contributed by atoms with Gasteiger partial charge in [0.15, 0.2) is 0 Å². The van der Waals surface area contributed by atoms with Crippen LogP contribution in [0.3, 0.4) is 0 Å². The summed E-state index contributed by atoms with van der Waals surface area (Å²) in [7, 11) is 0. The minimum absolute atomic E-state index is 0. The van der Waals surface area contributed by atoms with Crippen molar-refractivity contribution in [2.45, 2.75) is 88.6 Å². The normalized spacial score (nSPS) is 13.7. The van der Waals surface area contributed by atoms with Crippen LogP contribution >= 0.6 is 24.8 Å². The summed E-state index contributed by atoms with van der Waals surface area (Å²) in [5, 5.41) is 16.5. The second kappa shape index (κ2) is 24.4. The Morgan fingerprint density at radius 3 is 1.79 bits per heavy atom. The summed E-state index contributed by atoms with van der Waals surface area (Å²) in [5.74, 6) is -3.90. The van der Waals surface area contributed by atoms with Crippen molar-refractivity contribution in [1.29, 1.82) is 0 Å². The van der Waals surface area contributed by atoms with Crippen molar-refractivity contribution >= 4 is 81.9 Å². The van der Waals surface area contributed by atoms with Crippen LogP contribution in [0.25, 0.3) is 21.7 Å². The summed E-state index contributed by atoms with van der Waals surface area (Å²) in [6, 6.07) is 23.4. The number of para-hydroxylation sites is 1. The van der Waals surface area contributed by atoms with E-state index in [1.54, 1.807) is 30.5 Å². The zero-order chi connectivity index (χ0) is 43.2. The Hall–Kier alpha value is -6.00. The first-order valence-electron chi connectivity index (χ1n) is 20.2. The standard InChI is InChI=1S/C45H55N9O6.2ClH/c1-27(47)41(56)52-38(24-30-19-20-31-14-6-7-15-32(31)22-30)43(58)50-28(2)42(57)53-39(25-33-26-49-35-17-9-8-16-34(33)35)45(60)54-37(23-29-12-4-3-5-13-29)44(59)51-36(40(48)55)18-10-11-21-46;;/h3-9,12-17,19-20,22,26-28,36-39,49H,10-11,18,21,23-25,46-47H2,1-2H3,(H2,48,55)(H,50,58)(H,51,59)(H,52,56)(H,53,57)(H,54,60);2*1H. The molecule has 5 aromatic rings. The number of H-pyrrole nitrogens is 1. The number of benzene rings is 4. The third-order valence-electron chi connectivity index (χ3n) is 10.3. The molecular formula is C45H57Cl2N9O6. The number of unbranched alkanes of at least 4 members (excludes halogenated alkanes) is 1. The quantitative estimate of drug-likeness (QED) is 0.0494. The van der Waals surface area contributed by atoms with Gasteiger partial charge in [-0.15, -0.1) is 24.8 Å². The van der Waals surface area contributed by atoms with Crippen molar-refractivity contribution in [3.63, 3.8) is 0 Å². The second-order valence-corrected chi connectivity index (χ2v) is 15.1. The Balaban J connectivity index is 0.00000512. The maximum atomic E-state index is 14.3. The Morgan fingerprint density at radius 1 is 0.581 bits per heavy atom. The summed E-state index contributed by atoms with van der Waals surface area (Å²) in [6.07, 6.45) is 3.39. The highest BCUT2D eigenvalue weighted by molar-refractivity contribution is 5.97. The molecule has 0 saturated carbocycles. The summed E-state index contributed by atoms with van der Waals surface area (Å²) >= 11 is 0. The van der Waals surface area contributed by atoms with E-state index in [4.69, 9.17) is 17.2 Å². The van der Waals surface area contributed by atoms with Crippen molar-refractivity contribution in [3.8, 4) is 0 Å². The molecule has 1 heterocycles. The number of hydrogen-bond donors (Lipinski definition) is 9. The van der Waals surface area contributed by atoms with Gasteiger partial charge in [-0.2, -0.15) is 0 Å². The van der Waals surface area contributed by atoms with Gasteiger partial charge in [-0.1, -0.05) is 91.0 Å². The minimum atomic E-state index is -1.23. The molecular weight excluding hydrogens is 833 g/mol. The molecule has 1 aromatic heterocycles. The summed E-state index contributed by atoms with van der Waals surface area (Å²) in [4.78, 5) is 84.2. The average Bonchev–Trinajstić information content (AvgIpc) is 3.65. The number of carbonyl (C=O) groups excluding carboxylic acids is 6. The van der Waals surface area contributed by atoms with Gasteiger partial charge in [0.25, 0.3) is 0 Å². The maximum absolute atomic E-state index is 14.3. The molecule has 0 bridgehead atoms. The first kappa shape index (κ1) is 50.4. The minimum Gasteiger partial charge on any atom is -0.368 e. The molecule has 6 amide bonds. The smallest absolute Gasteiger partial charge is 0.243 e. The molecule has 6 atom stereocenters. The SMILES string of the molecule is CC(N)C(=O)NC(Cc1ccc2ccccc2c1)C(=O)NC(C)C(=O)NC(Cc1c[nH]c2ccccc12)C(=O)NC(Cc1ccccc1)C(=O)NC(CCCCN)C(N)=O.Cl.Cl. The molecule has 5 rings (SSSR count). The van der Waals surface area contributed by atoms with E-state index in [9.17, 15) is 28.8 Å². The van der Waals surface area contributed by atoms with Crippen molar-refractivity contribution in [2.75, 3.05) is 6.54 Å². The number of aromatic nitrogens is 1. The molecule has 4 aromatic carbocycles. The summed E-state index contributed by atoms with van der Waals surface area (Å²) in [5.41, 5.74) is 20.2. The molecule has 15 nitrogen and oxygen atoms in total. The summed E-state index contributed by atoms with van der Waals surface area (Å²) < 4.78 is 0. The first-order chi connectivity index (χ1) is 28.8. The van der Waals surface area contributed by atoms with E-state index in [1.807, 2.05) is 72.8 Å². The van der Waals surface area contributed by atoms with E-state index in [2.05, 4.69) is 31.6 Å². The van der Waals surface area contributed by atoms with Gasteiger partial charge in [0.2, 0.25) is 35.4 Å². The molecule has 0 aliphatic heterocycles. The van der Waals surface area contributed by atoms with Crippen LogP contribution < -0.4 is 43.8 Å². The highest BCUT2D eigenvalue weighted by atomic mass is 35.5. The number of rotatable bonds is 21. The number of fused-ring (bicyclic) bond motifs is 2. The van der Waals surface area contributed by atoms with E-state index in [-0.39, 0.29) is 50.5 Å². The number of hydrogen-bond acceptors (Lipinski definition) is 8. The highest BCUT2D eigenvalue weighted by Gasteiger charge is 2.32. The number of nitrogens with one attached hydrogen (secondary N) is 6. The predicted octanol–water partition coefficient (Wildman–Crippen LogP) is 2.60. The zero-order valence-electron chi connectivity index (χ0n) is 34.7. The van der Waals surface area contributed by atoms with Crippen LogP contribution in [0.4, 0.5) is 0 Å². The number of halogens is 2. The Kier molecular flexibility index (Phi) is 19.9. The Labute approximate surface area is 373 Å². The van der Waals surface area contributed by atoms with Crippen molar-refractivity contribution < 1.29 is 28.8 Å². The number of aromatic amines is 1. The number of primary amides is 1. The lowest BCUT2D eigenvalue weighted by atomic mass is 10.0. The third kappa shape index (κ3) is 14.3.